The average Bonchev–Trinajstić information content (AvgIpc) is 2.41. The Hall–Kier alpha value is -2.35. The first-order valence-corrected chi connectivity index (χ1v) is 6.67. The van der Waals surface area contributed by atoms with Crippen molar-refractivity contribution in [3.63, 3.8) is 0 Å². The fourth-order valence-electron chi connectivity index (χ4n) is 1.99. The van der Waals surface area contributed by atoms with E-state index >= 15 is 0 Å². The SMILES string of the molecule is Cc1cccc(/C=C/C(=O)Nc2cc(C)ccc2C)c1. The number of anilines is 1. The molecule has 2 aromatic carbocycles. The summed E-state index contributed by atoms with van der Waals surface area (Å²) in [4.78, 5) is 11.9. The Morgan fingerprint density at radius 1 is 1.00 bits per heavy atom. The molecule has 20 heavy (non-hydrogen) atoms. The molecular formula is C18H19NO. The number of hydrogen-bond donors (Lipinski definition) is 1. The highest BCUT2D eigenvalue weighted by Crippen LogP contribution is 2.16. The van der Waals surface area contributed by atoms with Gasteiger partial charge in [-0.1, -0.05) is 42.0 Å². The first kappa shape index (κ1) is 14.1. The zero-order valence-electron chi connectivity index (χ0n) is 12.1. The molecule has 0 heterocycles. The summed E-state index contributed by atoms with van der Waals surface area (Å²) in [6.45, 7) is 6.03. The van der Waals surface area contributed by atoms with E-state index in [-0.39, 0.29) is 5.91 Å². The molecule has 0 spiro atoms. The standard InChI is InChI=1S/C18H19NO/c1-13-5-4-6-16(11-13)9-10-18(20)19-17-12-14(2)7-8-15(17)3/h4-12H,1-3H3,(H,19,20)/b10-9+. The smallest absolute Gasteiger partial charge is 0.248 e. The molecule has 0 radical (unpaired) electrons. The Bertz CT molecular complexity index is 656. The monoisotopic (exact) mass is 265 g/mol. The molecule has 0 unspecified atom stereocenters. The molecule has 0 atom stereocenters. The lowest BCUT2D eigenvalue weighted by Crippen LogP contribution is -2.09. The van der Waals surface area contributed by atoms with E-state index in [1.807, 2.05) is 69.3 Å². The molecule has 0 fully saturated rings. The lowest BCUT2D eigenvalue weighted by Gasteiger charge is -2.07. The van der Waals surface area contributed by atoms with Crippen molar-refractivity contribution in [2.75, 3.05) is 5.32 Å². The number of carbonyl (C=O) groups is 1. The number of rotatable bonds is 3. The van der Waals surface area contributed by atoms with Crippen LogP contribution in [0.25, 0.3) is 6.08 Å². The van der Waals surface area contributed by atoms with Gasteiger partial charge in [-0.3, -0.25) is 4.79 Å². The third kappa shape index (κ3) is 3.82. The fourth-order valence-corrected chi connectivity index (χ4v) is 1.99. The Kier molecular flexibility index (Phi) is 4.36. The lowest BCUT2D eigenvalue weighted by atomic mass is 10.1. The van der Waals surface area contributed by atoms with Crippen LogP contribution in [0.3, 0.4) is 0 Å². The van der Waals surface area contributed by atoms with Crippen LogP contribution < -0.4 is 5.32 Å². The number of carbonyl (C=O) groups excluding carboxylic acids is 1. The molecular weight excluding hydrogens is 246 g/mol. The van der Waals surface area contributed by atoms with Crippen molar-refractivity contribution in [3.8, 4) is 0 Å². The van der Waals surface area contributed by atoms with Gasteiger partial charge in [0.25, 0.3) is 0 Å². The highest BCUT2D eigenvalue weighted by molar-refractivity contribution is 6.02. The summed E-state index contributed by atoms with van der Waals surface area (Å²) in [6.07, 6.45) is 3.39. The van der Waals surface area contributed by atoms with Gasteiger partial charge in [0.1, 0.15) is 0 Å². The molecule has 0 aliphatic rings. The van der Waals surface area contributed by atoms with Gasteiger partial charge in [0, 0.05) is 11.8 Å². The van der Waals surface area contributed by atoms with Gasteiger partial charge < -0.3 is 5.32 Å². The first-order chi connectivity index (χ1) is 9.54. The number of amides is 1. The Balaban J connectivity index is 2.07. The largest absolute Gasteiger partial charge is 0.322 e. The van der Waals surface area contributed by atoms with Gasteiger partial charge >= 0.3 is 0 Å². The van der Waals surface area contributed by atoms with E-state index < -0.39 is 0 Å². The van der Waals surface area contributed by atoms with Crippen molar-refractivity contribution in [3.05, 3.63) is 70.8 Å². The zero-order valence-corrected chi connectivity index (χ0v) is 12.1. The van der Waals surface area contributed by atoms with Gasteiger partial charge in [-0.15, -0.1) is 0 Å². The highest BCUT2D eigenvalue weighted by Gasteiger charge is 2.01. The Morgan fingerprint density at radius 3 is 2.50 bits per heavy atom. The number of aryl methyl sites for hydroxylation is 3. The summed E-state index contributed by atoms with van der Waals surface area (Å²) in [7, 11) is 0. The van der Waals surface area contributed by atoms with Crippen LogP contribution in [0.4, 0.5) is 5.69 Å². The average molecular weight is 265 g/mol. The van der Waals surface area contributed by atoms with Gasteiger partial charge in [0.05, 0.1) is 0 Å². The van der Waals surface area contributed by atoms with E-state index in [4.69, 9.17) is 0 Å². The summed E-state index contributed by atoms with van der Waals surface area (Å²) >= 11 is 0. The number of nitrogens with one attached hydrogen (secondary N) is 1. The third-order valence-corrected chi connectivity index (χ3v) is 3.12. The second kappa shape index (κ2) is 6.20. The van der Waals surface area contributed by atoms with E-state index in [1.54, 1.807) is 6.08 Å². The van der Waals surface area contributed by atoms with Crippen LogP contribution in [-0.2, 0) is 4.79 Å². The van der Waals surface area contributed by atoms with Crippen LogP contribution in [0.5, 0.6) is 0 Å². The van der Waals surface area contributed by atoms with Crippen LogP contribution in [0, 0.1) is 20.8 Å². The van der Waals surface area contributed by atoms with Crippen molar-refractivity contribution in [2.45, 2.75) is 20.8 Å². The predicted octanol–water partition coefficient (Wildman–Crippen LogP) is 4.26. The second-order valence-electron chi connectivity index (χ2n) is 5.06. The van der Waals surface area contributed by atoms with Gasteiger partial charge in [-0.25, -0.2) is 0 Å². The molecule has 102 valence electrons. The minimum Gasteiger partial charge on any atom is -0.322 e. The van der Waals surface area contributed by atoms with Crippen LogP contribution >= 0.6 is 0 Å². The normalized spacial score (nSPS) is 10.8. The molecule has 2 aromatic rings. The molecule has 0 aliphatic carbocycles. The Morgan fingerprint density at radius 2 is 1.75 bits per heavy atom. The maximum atomic E-state index is 11.9. The highest BCUT2D eigenvalue weighted by atomic mass is 16.1. The van der Waals surface area contributed by atoms with E-state index in [1.165, 1.54) is 5.56 Å². The molecule has 2 rings (SSSR count). The summed E-state index contributed by atoms with van der Waals surface area (Å²) in [5.41, 5.74) is 5.27. The topological polar surface area (TPSA) is 29.1 Å². The van der Waals surface area contributed by atoms with E-state index in [0.29, 0.717) is 0 Å². The summed E-state index contributed by atoms with van der Waals surface area (Å²) in [6, 6.07) is 14.1. The van der Waals surface area contributed by atoms with Gasteiger partial charge in [-0.2, -0.15) is 0 Å². The Labute approximate surface area is 120 Å². The maximum absolute atomic E-state index is 11.9. The van der Waals surface area contributed by atoms with Crippen LogP contribution in [0.1, 0.15) is 22.3 Å². The summed E-state index contributed by atoms with van der Waals surface area (Å²) < 4.78 is 0. The van der Waals surface area contributed by atoms with Crippen molar-refractivity contribution in [1.29, 1.82) is 0 Å². The van der Waals surface area contributed by atoms with E-state index in [0.717, 1.165) is 22.4 Å². The van der Waals surface area contributed by atoms with E-state index in [9.17, 15) is 4.79 Å². The molecule has 2 heteroatoms. The molecule has 1 amide bonds. The zero-order chi connectivity index (χ0) is 14.5. The van der Waals surface area contributed by atoms with Crippen molar-refractivity contribution < 1.29 is 4.79 Å². The van der Waals surface area contributed by atoms with Gasteiger partial charge in [0.2, 0.25) is 5.91 Å². The third-order valence-electron chi connectivity index (χ3n) is 3.12. The second-order valence-corrected chi connectivity index (χ2v) is 5.06. The molecule has 0 saturated carbocycles. The summed E-state index contributed by atoms with van der Waals surface area (Å²) in [5, 5.41) is 2.91. The predicted molar refractivity (Wildman–Crippen MR) is 84.8 cm³/mol. The van der Waals surface area contributed by atoms with Gasteiger partial charge in [0.15, 0.2) is 0 Å². The van der Waals surface area contributed by atoms with Crippen molar-refractivity contribution in [2.24, 2.45) is 0 Å². The minimum atomic E-state index is -0.111. The molecule has 0 aliphatic heterocycles. The summed E-state index contributed by atoms with van der Waals surface area (Å²) in [5.74, 6) is -0.111. The first-order valence-electron chi connectivity index (χ1n) is 6.67. The van der Waals surface area contributed by atoms with E-state index in [2.05, 4.69) is 5.32 Å². The molecule has 0 bridgehead atoms. The van der Waals surface area contributed by atoms with Crippen molar-refractivity contribution >= 4 is 17.7 Å². The van der Waals surface area contributed by atoms with Gasteiger partial charge in [-0.05, 0) is 49.6 Å². The molecule has 0 aromatic heterocycles. The van der Waals surface area contributed by atoms with Crippen LogP contribution in [0.15, 0.2) is 48.5 Å². The lowest BCUT2D eigenvalue weighted by molar-refractivity contribution is -0.111. The quantitative estimate of drug-likeness (QED) is 0.825. The minimum absolute atomic E-state index is 0.111. The molecule has 1 N–H and O–H groups in total. The number of hydrogen-bond acceptors (Lipinski definition) is 1. The number of benzene rings is 2. The maximum Gasteiger partial charge on any atom is 0.248 e. The van der Waals surface area contributed by atoms with Crippen LogP contribution in [-0.4, -0.2) is 5.91 Å². The fraction of sp³-hybridized carbons (Fsp3) is 0.167. The molecule has 0 saturated heterocycles. The molecule has 2 nitrogen and oxygen atoms in total. The van der Waals surface area contributed by atoms with Crippen LogP contribution in [0.2, 0.25) is 0 Å². The van der Waals surface area contributed by atoms with Crippen molar-refractivity contribution in [1.82, 2.24) is 0 Å².